The van der Waals surface area contributed by atoms with Crippen molar-refractivity contribution in [1.82, 2.24) is 0 Å². The number of non-ortho nitro benzene ring substituents is 1. The second-order valence-corrected chi connectivity index (χ2v) is 6.00. The molecule has 0 saturated heterocycles. The number of nitrogens with zero attached hydrogens (tertiary/aromatic N) is 1. The number of nitrogens with one attached hydrogen (secondary N) is 1. The number of nitro benzene ring substituents is 1. The SMILES string of the molecule is O=C1Nc2ccc([N+](=O)[O-])cc2/C1=C(\Br)c1ccc(C(F)(F)F)cc1. The van der Waals surface area contributed by atoms with E-state index in [1.165, 1.54) is 30.3 Å². The highest BCUT2D eigenvalue weighted by atomic mass is 79.9. The van der Waals surface area contributed by atoms with E-state index in [2.05, 4.69) is 21.2 Å². The largest absolute Gasteiger partial charge is 0.416 e. The number of rotatable bonds is 2. The Balaban J connectivity index is 2.10. The van der Waals surface area contributed by atoms with E-state index in [9.17, 15) is 28.1 Å². The molecule has 0 spiro atoms. The van der Waals surface area contributed by atoms with Gasteiger partial charge in [-0.05, 0) is 39.7 Å². The van der Waals surface area contributed by atoms with Crippen LogP contribution in [0.25, 0.3) is 10.1 Å². The van der Waals surface area contributed by atoms with Crippen LogP contribution in [-0.2, 0) is 11.0 Å². The van der Waals surface area contributed by atoms with Gasteiger partial charge in [0, 0.05) is 27.9 Å². The van der Waals surface area contributed by atoms with Gasteiger partial charge in [-0.1, -0.05) is 12.1 Å². The maximum Gasteiger partial charge on any atom is 0.416 e. The van der Waals surface area contributed by atoms with E-state index in [4.69, 9.17) is 0 Å². The fourth-order valence-electron chi connectivity index (χ4n) is 2.44. The summed E-state index contributed by atoms with van der Waals surface area (Å²) in [6, 6.07) is 8.16. The van der Waals surface area contributed by atoms with Gasteiger partial charge in [0.25, 0.3) is 11.6 Å². The van der Waals surface area contributed by atoms with E-state index in [1.54, 1.807) is 0 Å². The van der Waals surface area contributed by atoms with Gasteiger partial charge in [0.15, 0.2) is 0 Å². The monoisotopic (exact) mass is 412 g/mol. The van der Waals surface area contributed by atoms with E-state index in [0.717, 1.165) is 12.1 Å². The highest BCUT2D eigenvalue weighted by Crippen LogP contribution is 2.41. The second-order valence-electron chi connectivity index (χ2n) is 5.21. The molecule has 2 aromatic rings. The lowest BCUT2D eigenvalue weighted by Gasteiger charge is -2.08. The number of hydrogen-bond acceptors (Lipinski definition) is 3. The number of benzene rings is 2. The van der Waals surface area contributed by atoms with Crippen molar-refractivity contribution in [2.45, 2.75) is 6.18 Å². The first-order valence-electron chi connectivity index (χ1n) is 6.86. The first-order chi connectivity index (χ1) is 11.7. The topological polar surface area (TPSA) is 72.2 Å². The Morgan fingerprint density at radius 3 is 2.32 bits per heavy atom. The Hall–Kier alpha value is -2.68. The molecule has 1 aliphatic rings. The van der Waals surface area contributed by atoms with Crippen LogP contribution in [0.3, 0.4) is 0 Å². The molecule has 0 aliphatic carbocycles. The molecule has 0 aromatic heterocycles. The number of alkyl halides is 3. The molecule has 9 heteroatoms. The summed E-state index contributed by atoms with van der Waals surface area (Å²) < 4.78 is 38.2. The maximum absolute atomic E-state index is 12.6. The van der Waals surface area contributed by atoms with Gasteiger partial charge in [0.2, 0.25) is 0 Å². The van der Waals surface area contributed by atoms with E-state index in [1.807, 2.05) is 0 Å². The van der Waals surface area contributed by atoms with E-state index < -0.39 is 22.6 Å². The molecule has 1 amide bonds. The van der Waals surface area contributed by atoms with Gasteiger partial charge in [-0.2, -0.15) is 13.2 Å². The van der Waals surface area contributed by atoms with Crippen molar-refractivity contribution in [3.63, 3.8) is 0 Å². The summed E-state index contributed by atoms with van der Waals surface area (Å²) in [5, 5.41) is 13.5. The minimum atomic E-state index is -4.46. The van der Waals surface area contributed by atoms with Crippen LogP contribution < -0.4 is 5.32 Å². The molecule has 1 heterocycles. The number of carbonyl (C=O) groups is 1. The molecule has 0 saturated carbocycles. The third kappa shape index (κ3) is 3.14. The number of halogens is 4. The van der Waals surface area contributed by atoms with Crippen molar-refractivity contribution in [2.24, 2.45) is 0 Å². The lowest BCUT2D eigenvalue weighted by atomic mass is 10.0. The van der Waals surface area contributed by atoms with Crippen LogP contribution in [0, 0.1) is 10.1 Å². The van der Waals surface area contributed by atoms with E-state index in [0.29, 0.717) is 16.8 Å². The van der Waals surface area contributed by atoms with Crippen LogP contribution in [0.2, 0.25) is 0 Å². The molecule has 0 fully saturated rings. The predicted octanol–water partition coefficient (Wildman–Crippen LogP) is 4.83. The van der Waals surface area contributed by atoms with Gasteiger partial charge < -0.3 is 5.32 Å². The summed E-state index contributed by atoms with van der Waals surface area (Å²) in [6.45, 7) is 0. The van der Waals surface area contributed by atoms with Crippen molar-refractivity contribution in [3.8, 4) is 0 Å². The van der Waals surface area contributed by atoms with Crippen molar-refractivity contribution in [1.29, 1.82) is 0 Å². The van der Waals surface area contributed by atoms with Gasteiger partial charge in [0.05, 0.1) is 16.1 Å². The number of nitro groups is 1. The van der Waals surface area contributed by atoms with Gasteiger partial charge in [-0.15, -0.1) is 0 Å². The molecule has 2 aromatic carbocycles. The molecule has 1 N–H and O–H groups in total. The van der Waals surface area contributed by atoms with Crippen LogP contribution in [0.15, 0.2) is 42.5 Å². The Bertz CT molecular complexity index is 921. The minimum Gasteiger partial charge on any atom is -0.321 e. The zero-order chi connectivity index (χ0) is 18.4. The van der Waals surface area contributed by atoms with Crippen molar-refractivity contribution < 1.29 is 22.9 Å². The summed E-state index contributed by atoms with van der Waals surface area (Å²) in [6.07, 6.45) is -4.46. The van der Waals surface area contributed by atoms with Crippen LogP contribution in [0.1, 0.15) is 16.7 Å². The zero-order valence-corrected chi connectivity index (χ0v) is 13.8. The Kier molecular flexibility index (Phi) is 4.11. The van der Waals surface area contributed by atoms with Gasteiger partial charge in [-0.25, -0.2) is 0 Å². The minimum absolute atomic E-state index is 0.124. The molecule has 1 aliphatic heterocycles. The van der Waals surface area contributed by atoms with Crippen molar-refractivity contribution in [2.75, 3.05) is 5.32 Å². The quantitative estimate of drug-likeness (QED) is 0.436. The van der Waals surface area contributed by atoms with Gasteiger partial charge in [0.1, 0.15) is 0 Å². The van der Waals surface area contributed by atoms with Crippen LogP contribution in [0.4, 0.5) is 24.5 Å². The lowest BCUT2D eigenvalue weighted by molar-refractivity contribution is -0.384. The number of fused-ring (bicyclic) bond motifs is 1. The van der Waals surface area contributed by atoms with E-state index in [-0.39, 0.29) is 15.7 Å². The highest BCUT2D eigenvalue weighted by Gasteiger charge is 2.31. The number of amides is 1. The molecular weight excluding hydrogens is 405 g/mol. The highest BCUT2D eigenvalue weighted by molar-refractivity contribution is 9.15. The molecule has 0 unspecified atom stereocenters. The summed E-state index contributed by atoms with van der Waals surface area (Å²) >= 11 is 3.23. The maximum atomic E-state index is 12.6. The second kappa shape index (κ2) is 5.99. The summed E-state index contributed by atoms with van der Waals surface area (Å²) in [4.78, 5) is 22.5. The fraction of sp³-hybridized carbons (Fsp3) is 0.0625. The lowest BCUT2D eigenvalue weighted by Crippen LogP contribution is -2.05. The van der Waals surface area contributed by atoms with Gasteiger partial charge in [-0.3, -0.25) is 14.9 Å². The number of carbonyl (C=O) groups excluding carboxylic acids is 1. The molecule has 0 radical (unpaired) electrons. The Morgan fingerprint density at radius 2 is 1.76 bits per heavy atom. The summed E-state index contributed by atoms with van der Waals surface area (Å²) in [7, 11) is 0. The van der Waals surface area contributed by atoms with Gasteiger partial charge >= 0.3 is 6.18 Å². The molecular formula is C16H8BrF3N2O3. The third-order valence-corrected chi connectivity index (χ3v) is 4.50. The molecule has 0 bridgehead atoms. The number of anilines is 1. The van der Waals surface area contributed by atoms with Crippen LogP contribution in [-0.4, -0.2) is 10.8 Å². The van der Waals surface area contributed by atoms with Crippen molar-refractivity contribution in [3.05, 3.63) is 69.3 Å². The molecule has 25 heavy (non-hydrogen) atoms. The standard InChI is InChI=1S/C16H8BrF3N2O3/c17-14(8-1-3-9(4-2-8)16(18,19)20)13-11-7-10(22(24)25)5-6-12(11)21-15(13)23/h1-7H,(H,21,23)/b14-13+. The smallest absolute Gasteiger partial charge is 0.321 e. The molecule has 128 valence electrons. The molecule has 0 atom stereocenters. The molecule has 3 rings (SSSR count). The average Bonchev–Trinajstić information content (AvgIpc) is 2.88. The Morgan fingerprint density at radius 1 is 1.12 bits per heavy atom. The number of hydrogen-bond donors (Lipinski definition) is 1. The molecule has 5 nitrogen and oxygen atoms in total. The van der Waals surface area contributed by atoms with E-state index >= 15 is 0 Å². The van der Waals surface area contributed by atoms with Crippen LogP contribution in [0.5, 0.6) is 0 Å². The average molecular weight is 413 g/mol. The third-order valence-electron chi connectivity index (χ3n) is 3.64. The first-order valence-corrected chi connectivity index (χ1v) is 7.65. The zero-order valence-electron chi connectivity index (χ0n) is 12.2. The van der Waals surface area contributed by atoms with Crippen molar-refractivity contribution >= 4 is 43.3 Å². The predicted molar refractivity (Wildman–Crippen MR) is 88.9 cm³/mol. The normalized spacial score (nSPS) is 15.6. The Labute approximate surface area is 147 Å². The first kappa shape index (κ1) is 17.2. The fourth-order valence-corrected chi connectivity index (χ4v) is 3.09. The van der Waals surface area contributed by atoms with Crippen LogP contribution >= 0.6 is 15.9 Å². The summed E-state index contributed by atoms with van der Waals surface area (Å²) in [5.74, 6) is -0.498. The summed E-state index contributed by atoms with van der Waals surface area (Å²) in [5.41, 5.74) is 0.172.